The summed E-state index contributed by atoms with van der Waals surface area (Å²) in [6, 6.07) is 2.37. The van der Waals surface area contributed by atoms with Crippen molar-refractivity contribution < 1.29 is 0 Å². The molecule has 0 aromatic heterocycles. The van der Waals surface area contributed by atoms with E-state index in [2.05, 4.69) is 31.0 Å². The number of likely N-dealkylation sites (tertiary alicyclic amines) is 1. The van der Waals surface area contributed by atoms with Gasteiger partial charge in [-0.25, -0.2) is 0 Å². The molecule has 1 heterocycles. The molecular weight excluding hydrogens is 208 g/mol. The van der Waals surface area contributed by atoms with Crippen molar-refractivity contribution >= 4 is 0 Å². The maximum Gasteiger partial charge on any atom is 0.0107 e. The molecule has 1 aliphatic carbocycles. The summed E-state index contributed by atoms with van der Waals surface area (Å²) in [6.07, 6.45) is 8.47. The van der Waals surface area contributed by atoms with Crippen molar-refractivity contribution in [2.45, 2.75) is 77.4 Å². The summed E-state index contributed by atoms with van der Waals surface area (Å²) >= 11 is 0. The Morgan fingerprint density at radius 3 is 2.59 bits per heavy atom. The van der Waals surface area contributed by atoms with Gasteiger partial charge >= 0.3 is 0 Å². The molecule has 2 fully saturated rings. The van der Waals surface area contributed by atoms with Gasteiger partial charge in [0.2, 0.25) is 0 Å². The molecule has 2 rings (SSSR count). The van der Waals surface area contributed by atoms with Crippen LogP contribution in [0, 0.1) is 5.92 Å². The molecule has 1 aliphatic heterocycles. The zero-order chi connectivity index (χ0) is 12.3. The van der Waals surface area contributed by atoms with Crippen molar-refractivity contribution in [3.05, 3.63) is 0 Å². The summed E-state index contributed by atoms with van der Waals surface area (Å²) in [6.45, 7) is 9.78. The lowest BCUT2D eigenvalue weighted by Crippen LogP contribution is -2.45. The SMILES string of the molecule is CC(CNC1CC1)C(C)N1CCCCCC1C. The maximum absolute atomic E-state index is 3.68. The largest absolute Gasteiger partial charge is 0.314 e. The van der Waals surface area contributed by atoms with E-state index in [0.717, 1.165) is 24.0 Å². The highest BCUT2D eigenvalue weighted by atomic mass is 15.2. The van der Waals surface area contributed by atoms with Crippen LogP contribution in [0.1, 0.15) is 59.3 Å². The first kappa shape index (κ1) is 13.4. The molecular formula is C15H30N2. The quantitative estimate of drug-likeness (QED) is 0.792. The smallest absolute Gasteiger partial charge is 0.0107 e. The Kier molecular flexibility index (Phi) is 4.87. The molecule has 2 nitrogen and oxygen atoms in total. The predicted molar refractivity (Wildman–Crippen MR) is 74.3 cm³/mol. The molecule has 1 saturated heterocycles. The lowest BCUT2D eigenvalue weighted by atomic mass is 9.99. The van der Waals surface area contributed by atoms with Crippen molar-refractivity contribution in [2.75, 3.05) is 13.1 Å². The van der Waals surface area contributed by atoms with Gasteiger partial charge in [0, 0.05) is 18.1 Å². The van der Waals surface area contributed by atoms with Gasteiger partial charge in [-0.15, -0.1) is 0 Å². The highest BCUT2D eigenvalue weighted by Crippen LogP contribution is 2.23. The fraction of sp³-hybridized carbons (Fsp3) is 1.00. The molecule has 3 unspecified atom stereocenters. The van der Waals surface area contributed by atoms with Crippen LogP contribution < -0.4 is 5.32 Å². The summed E-state index contributed by atoms with van der Waals surface area (Å²) in [5.41, 5.74) is 0. The number of nitrogens with zero attached hydrogens (tertiary/aromatic N) is 1. The summed E-state index contributed by atoms with van der Waals surface area (Å²) < 4.78 is 0. The van der Waals surface area contributed by atoms with Crippen LogP contribution in [0.15, 0.2) is 0 Å². The fourth-order valence-electron chi connectivity index (χ4n) is 3.04. The minimum Gasteiger partial charge on any atom is -0.314 e. The number of hydrogen-bond donors (Lipinski definition) is 1. The first-order valence-corrected chi connectivity index (χ1v) is 7.67. The average molecular weight is 238 g/mol. The zero-order valence-corrected chi connectivity index (χ0v) is 11.9. The summed E-state index contributed by atoms with van der Waals surface area (Å²) in [5, 5.41) is 3.68. The van der Waals surface area contributed by atoms with E-state index in [1.807, 2.05) is 0 Å². The molecule has 0 aromatic rings. The minimum absolute atomic E-state index is 0.731. The summed E-state index contributed by atoms with van der Waals surface area (Å²) in [7, 11) is 0. The van der Waals surface area contributed by atoms with Gasteiger partial charge in [-0.2, -0.15) is 0 Å². The number of hydrogen-bond acceptors (Lipinski definition) is 2. The van der Waals surface area contributed by atoms with E-state index in [4.69, 9.17) is 0 Å². The summed E-state index contributed by atoms with van der Waals surface area (Å²) in [4.78, 5) is 2.76. The van der Waals surface area contributed by atoms with Gasteiger partial charge in [-0.3, -0.25) is 4.90 Å². The van der Waals surface area contributed by atoms with Crippen LogP contribution in [0.5, 0.6) is 0 Å². The van der Waals surface area contributed by atoms with E-state index < -0.39 is 0 Å². The van der Waals surface area contributed by atoms with Crippen molar-refractivity contribution in [3.63, 3.8) is 0 Å². The Morgan fingerprint density at radius 2 is 1.88 bits per heavy atom. The summed E-state index contributed by atoms with van der Waals surface area (Å²) in [5.74, 6) is 0.774. The van der Waals surface area contributed by atoms with Gasteiger partial charge in [0.05, 0.1) is 0 Å². The lowest BCUT2D eigenvalue weighted by Gasteiger charge is -2.36. The molecule has 1 saturated carbocycles. The van der Waals surface area contributed by atoms with Gasteiger partial charge in [0.15, 0.2) is 0 Å². The fourth-order valence-corrected chi connectivity index (χ4v) is 3.04. The highest BCUT2D eigenvalue weighted by molar-refractivity contribution is 4.85. The van der Waals surface area contributed by atoms with Gasteiger partial charge < -0.3 is 5.32 Å². The second-order valence-electron chi connectivity index (χ2n) is 6.34. The topological polar surface area (TPSA) is 15.3 Å². The van der Waals surface area contributed by atoms with Crippen LogP contribution in [-0.2, 0) is 0 Å². The Hall–Kier alpha value is -0.0800. The van der Waals surface area contributed by atoms with Gasteiger partial charge in [-0.05, 0) is 58.5 Å². The predicted octanol–water partition coefficient (Wildman–Crippen LogP) is 3.03. The number of nitrogens with one attached hydrogen (secondary N) is 1. The van der Waals surface area contributed by atoms with E-state index in [9.17, 15) is 0 Å². The molecule has 2 aliphatic rings. The molecule has 0 bridgehead atoms. The van der Waals surface area contributed by atoms with Crippen LogP contribution in [-0.4, -0.2) is 36.1 Å². The van der Waals surface area contributed by atoms with Gasteiger partial charge in [0.1, 0.15) is 0 Å². The second kappa shape index (κ2) is 6.19. The molecule has 1 N–H and O–H groups in total. The third-order valence-electron chi connectivity index (χ3n) is 4.76. The molecule has 0 amide bonds. The van der Waals surface area contributed by atoms with Gasteiger partial charge in [-0.1, -0.05) is 19.8 Å². The Labute approximate surface area is 107 Å². The first-order valence-electron chi connectivity index (χ1n) is 7.67. The Bertz CT molecular complexity index is 225. The first-order chi connectivity index (χ1) is 8.18. The van der Waals surface area contributed by atoms with Crippen LogP contribution >= 0.6 is 0 Å². The van der Waals surface area contributed by atoms with Gasteiger partial charge in [0.25, 0.3) is 0 Å². The van der Waals surface area contributed by atoms with E-state index in [-0.39, 0.29) is 0 Å². The van der Waals surface area contributed by atoms with E-state index in [0.29, 0.717) is 0 Å². The molecule has 0 spiro atoms. The third-order valence-corrected chi connectivity index (χ3v) is 4.76. The van der Waals surface area contributed by atoms with E-state index in [1.54, 1.807) is 0 Å². The highest BCUT2D eigenvalue weighted by Gasteiger charge is 2.27. The van der Waals surface area contributed by atoms with Crippen molar-refractivity contribution in [2.24, 2.45) is 5.92 Å². The molecule has 0 aromatic carbocycles. The monoisotopic (exact) mass is 238 g/mol. The minimum atomic E-state index is 0.731. The number of rotatable bonds is 5. The van der Waals surface area contributed by atoms with E-state index in [1.165, 1.54) is 51.6 Å². The molecule has 3 atom stereocenters. The molecule has 100 valence electrons. The van der Waals surface area contributed by atoms with E-state index >= 15 is 0 Å². The van der Waals surface area contributed by atoms with Crippen molar-refractivity contribution in [3.8, 4) is 0 Å². The standard InChI is InChI=1S/C15H30N2/c1-12(11-16-15-8-9-15)14(3)17-10-6-4-5-7-13(17)2/h12-16H,4-11H2,1-3H3. The second-order valence-corrected chi connectivity index (χ2v) is 6.34. The Morgan fingerprint density at radius 1 is 1.12 bits per heavy atom. The van der Waals surface area contributed by atoms with Crippen LogP contribution in [0.4, 0.5) is 0 Å². The van der Waals surface area contributed by atoms with Crippen molar-refractivity contribution in [1.82, 2.24) is 10.2 Å². The van der Waals surface area contributed by atoms with Crippen molar-refractivity contribution in [1.29, 1.82) is 0 Å². The normalized spacial score (nSPS) is 30.9. The average Bonchev–Trinajstić information content (AvgIpc) is 3.13. The lowest BCUT2D eigenvalue weighted by molar-refractivity contribution is 0.118. The van der Waals surface area contributed by atoms with Crippen LogP contribution in [0.2, 0.25) is 0 Å². The Balaban J connectivity index is 1.80. The zero-order valence-electron chi connectivity index (χ0n) is 11.9. The maximum atomic E-state index is 3.68. The molecule has 17 heavy (non-hydrogen) atoms. The van der Waals surface area contributed by atoms with Crippen LogP contribution in [0.3, 0.4) is 0 Å². The van der Waals surface area contributed by atoms with Crippen LogP contribution in [0.25, 0.3) is 0 Å². The molecule has 0 radical (unpaired) electrons. The molecule has 2 heteroatoms. The third kappa shape index (κ3) is 3.96.